The van der Waals surface area contributed by atoms with Crippen LogP contribution in [0.4, 0.5) is 15.8 Å². The number of nitrogens with zero attached hydrogens (tertiary/aromatic N) is 2. The molecule has 2 amide bonds. The van der Waals surface area contributed by atoms with Crippen molar-refractivity contribution in [3.63, 3.8) is 0 Å². The van der Waals surface area contributed by atoms with Gasteiger partial charge in [-0.05, 0) is 62.1 Å². The number of rotatable bonds is 8. The predicted molar refractivity (Wildman–Crippen MR) is 123 cm³/mol. The third-order valence-corrected chi connectivity index (χ3v) is 6.55. The molecule has 32 heavy (non-hydrogen) atoms. The second-order valence-electron chi connectivity index (χ2n) is 7.86. The quantitative estimate of drug-likeness (QED) is 0.650. The van der Waals surface area contributed by atoms with Crippen molar-refractivity contribution in [1.29, 1.82) is 0 Å². The highest BCUT2D eigenvalue weighted by Crippen LogP contribution is 2.21. The number of piperidine rings is 1. The summed E-state index contributed by atoms with van der Waals surface area (Å²) in [7, 11) is -3.59. The van der Waals surface area contributed by atoms with E-state index in [0.717, 1.165) is 29.8 Å². The summed E-state index contributed by atoms with van der Waals surface area (Å²) in [6.07, 6.45) is 4.47. The van der Waals surface area contributed by atoms with E-state index in [1.165, 1.54) is 24.3 Å². The normalized spacial score (nSPS) is 14.1. The first kappa shape index (κ1) is 23.7. The van der Waals surface area contributed by atoms with Crippen molar-refractivity contribution in [3.8, 4) is 0 Å². The van der Waals surface area contributed by atoms with Crippen molar-refractivity contribution in [2.24, 2.45) is 0 Å². The maximum atomic E-state index is 13.2. The van der Waals surface area contributed by atoms with Gasteiger partial charge in [0.15, 0.2) is 0 Å². The lowest BCUT2D eigenvalue weighted by molar-refractivity contribution is -0.116. The second-order valence-corrected chi connectivity index (χ2v) is 9.77. The minimum atomic E-state index is -3.59. The fourth-order valence-corrected chi connectivity index (χ4v) is 4.70. The van der Waals surface area contributed by atoms with Crippen LogP contribution in [0.25, 0.3) is 0 Å². The van der Waals surface area contributed by atoms with Gasteiger partial charge >= 0.3 is 0 Å². The molecule has 1 fully saturated rings. The molecule has 9 heteroatoms. The molecule has 1 heterocycles. The Bertz CT molecular complexity index is 1050. The van der Waals surface area contributed by atoms with E-state index >= 15 is 0 Å². The molecule has 3 rings (SSSR count). The van der Waals surface area contributed by atoms with E-state index in [1.807, 2.05) is 0 Å². The third-order valence-electron chi connectivity index (χ3n) is 5.35. The highest BCUT2D eigenvalue weighted by atomic mass is 32.2. The minimum absolute atomic E-state index is 0.0689. The van der Waals surface area contributed by atoms with Crippen LogP contribution < -0.4 is 9.62 Å². The van der Waals surface area contributed by atoms with E-state index in [4.69, 9.17) is 0 Å². The van der Waals surface area contributed by atoms with Gasteiger partial charge in [0.05, 0.1) is 23.2 Å². The highest BCUT2D eigenvalue weighted by molar-refractivity contribution is 7.92. The molecule has 2 aromatic rings. The zero-order valence-electron chi connectivity index (χ0n) is 18.1. The lowest BCUT2D eigenvalue weighted by atomic mass is 10.1. The van der Waals surface area contributed by atoms with Gasteiger partial charge in [-0.1, -0.05) is 12.1 Å². The summed E-state index contributed by atoms with van der Waals surface area (Å²) in [6, 6.07) is 12.1. The van der Waals surface area contributed by atoms with Crippen LogP contribution in [-0.4, -0.2) is 51.0 Å². The lowest BCUT2D eigenvalue weighted by Crippen LogP contribution is -2.36. The molecular weight excluding hydrogens is 433 g/mol. The number of amides is 2. The molecule has 0 bridgehead atoms. The standard InChI is InChI=1S/C23H28FN3O4S/c1-32(30,31)27(19-13-11-18(24)12-14-19)17-7-10-22(28)25-21-9-4-3-8-20(21)23(29)26-15-5-2-6-16-26/h3-4,8-9,11-14H,2,5-7,10,15-17H2,1H3,(H,25,28). The maximum absolute atomic E-state index is 13.2. The van der Waals surface area contributed by atoms with E-state index in [2.05, 4.69) is 5.32 Å². The summed E-state index contributed by atoms with van der Waals surface area (Å²) in [4.78, 5) is 27.2. The zero-order chi connectivity index (χ0) is 23.1. The number of carbonyl (C=O) groups is 2. The number of likely N-dealkylation sites (tertiary alicyclic amines) is 1. The summed E-state index contributed by atoms with van der Waals surface area (Å²) in [5.74, 6) is -0.865. The van der Waals surface area contributed by atoms with E-state index in [1.54, 1.807) is 29.2 Å². The molecule has 172 valence electrons. The number of halogens is 1. The van der Waals surface area contributed by atoms with Crippen LogP contribution in [0.15, 0.2) is 48.5 Å². The van der Waals surface area contributed by atoms with Gasteiger partial charge in [-0.2, -0.15) is 0 Å². The Morgan fingerprint density at radius 3 is 2.34 bits per heavy atom. The Morgan fingerprint density at radius 1 is 1.03 bits per heavy atom. The zero-order valence-corrected chi connectivity index (χ0v) is 18.9. The first-order valence-electron chi connectivity index (χ1n) is 10.7. The Hall–Kier alpha value is -2.94. The largest absolute Gasteiger partial charge is 0.339 e. The number of carbonyl (C=O) groups excluding carboxylic acids is 2. The molecular formula is C23H28FN3O4S. The van der Waals surface area contributed by atoms with E-state index in [-0.39, 0.29) is 31.2 Å². The van der Waals surface area contributed by atoms with Crippen LogP contribution in [0.5, 0.6) is 0 Å². The summed E-state index contributed by atoms with van der Waals surface area (Å²) < 4.78 is 38.6. The number of hydrogen-bond donors (Lipinski definition) is 1. The second kappa shape index (κ2) is 10.6. The molecule has 0 unspecified atom stereocenters. The van der Waals surface area contributed by atoms with Crippen LogP contribution >= 0.6 is 0 Å². The number of nitrogens with one attached hydrogen (secondary N) is 1. The van der Waals surface area contributed by atoms with Crippen LogP contribution in [0.3, 0.4) is 0 Å². The number of hydrogen-bond acceptors (Lipinski definition) is 4. The minimum Gasteiger partial charge on any atom is -0.339 e. The molecule has 1 aliphatic rings. The smallest absolute Gasteiger partial charge is 0.255 e. The molecule has 0 aliphatic carbocycles. The average Bonchev–Trinajstić information content (AvgIpc) is 2.77. The van der Waals surface area contributed by atoms with Crippen molar-refractivity contribution >= 4 is 33.2 Å². The van der Waals surface area contributed by atoms with Crippen molar-refractivity contribution < 1.29 is 22.4 Å². The average molecular weight is 462 g/mol. The molecule has 2 aromatic carbocycles. The Balaban J connectivity index is 1.61. The highest BCUT2D eigenvalue weighted by Gasteiger charge is 2.22. The molecule has 0 atom stereocenters. The summed E-state index contributed by atoms with van der Waals surface area (Å²) in [5.41, 5.74) is 1.24. The van der Waals surface area contributed by atoms with Crippen molar-refractivity contribution in [2.75, 3.05) is 35.5 Å². The first-order valence-corrected chi connectivity index (χ1v) is 12.5. The van der Waals surface area contributed by atoms with Crippen LogP contribution in [0.2, 0.25) is 0 Å². The van der Waals surface area contributed by atoms with E-state index in [0.29, 0.717) is 30.0 Å². The van der Waals surface area contributed by atoms with Gasteiger partial charge in [-0.25, -0.2) is 12.8 Å². The molecule has 0 aromatic heterocycles. The molecule has 0 radical (unpaired) electrons. The fraction of sp³-hybridized carbons (Fsp3) is 0.391. The lowest BCUT2D eigenvalue weighted by Gasteiger charge is -2.27. The Morgan fingerprint density at radius 2 is 1.69 bits per heavy atom. The number of para-hydroxylation sites is 1. The molecule has 1 N–H and O–H groups in total. The number of benzene rings is 2. The SMILES string of the molecule is CS(=O)(=O)N(CCCC(=O)Nc1ccccc1C(=O)N1CCCCC1)c1ccc(F)cc1. The van der Waals surface area contributed by atoms with Gasteiger partial charge in [0.1, 0.15) is 5.82 Å². The van der Waals surface area contributed by atoms with Crippen molar-refractivity contribution in [2.45, 2.75) is 32.1 Å². The topological polar surface area (TPSA) is 86.8 Å². The van der Waals surface area contributed by atoms with Crippen LogP contribution in [0.1, 0.15) is 42.5 Å². The first-order chi connectivity index (χ1) is 15.3. The number of sulfonamides is 1. The third kappa shape index (κ3) is 6.29. The molecule has 0 spiro atoms. The van der Waals surface area contributed by atoms with Gasteiger partial charge in [-0.3, -0.25) is 13.9 Å². The molecule has 1 aliphatic heterocycles. The summed E-state index contributed by atoms with van der Waals surface area (Å²) >= 11 is 0. The molecule has 7 nitrogen and oxygen atoms in total. The van der Waals surface area contributed by atoms with Gasteiger partial charge in [0, 0.05) is 26.1 Å². The summed E-state index contributed by atoms with van der Waals surface area (Å²) in [5, 5.41) is 2.79. The predicted octanol–water partition coefficient (Wildman–Crippen LogP) is 3.64. The van der Waals surface area contributed by atoms with Crippen molar-refractivity contribution in [1.82, 2.24) is 4.90 Å². The summed E-state index contributed by atoms with van der Waals surface area (Å²) in [6.45, 7) is 1.50. The fourth-order valence-electron chi connectivity index (χ4n) is 3.74. The Labute approximate surface area is 188 Å². The molecule has 0 saturated carbocycles. The van der Waals surface area contributed by atoms with Gasteiger partial charge in [0.25, 0.3) is 5.91 Å². The van der Waals surface area contributed by atoms with Crippen LogP contribution in [0, 0.1) is 5.82 Å². The number of anilines is 2. The maximum Gasteiger partial charge on any atom is 0.255 e. The Kier molecular flexibility index (Phi) is 7.84. The monoisotopic (exact) mass is 461 g/mol. The van der Waals surface area contributed by atoms with Crippen LogP contribution in [-0.2, 0) is 14.8 Å². The van der Waals surface area contributed by atoms with E-state index < -0.39 is 15.8 Å². The van der Waals surface area contributed by atoms with Crippen molar-refractivity contribution in [3.05, 3.63) is 59.9 Å². The molecule has 1 saturated heterocycles. The van der Waals surface area contributed by atoms with Gasteiger partial charge in [0.2, 0.25) is 15.9 Å². The van der Waals surface area contributed by atoms with Gasteiger partial charge in [-0.15, -0.1) is 0 Å². The van der Waals surface area contributed by atoms with E-state index in [9.17, 15) is 22.4 Å². The van der Waals surface area contributed by atoms with Gasteiger partial charge < -0.3 is 10.2 Å².